The molecule has 0 heterocycles. The van der Waals surface area contributed by atoms with Crippen LogP contribution in [0, 0.1) is 22.7 Å². The number of ketones is 1. The van der Waals surface area contributed by atoms with Gasteiger partial charge in [-0.3, -0.25) is 9.59 Å². The molecule has 0 spiro atoms. The molecular formula is C23H31FO3S2. The van der Waals surface area contributed by atoms with Crippen molar-refractivity contribution in [3.05, 3.63) is 23.8 Å². The first-order valence-corrected chi connectivity index (χ1v) is 12.5. The van der Waals surface area contributed by atoms with Gasteiger partial charge >= 0.3 is 0 Å². The summed E-state index contributed by atoms with van der Waals surface area (Å²) in [5.41, 5.74) is -2.22. The number of alkyl halides is 1. The number of fused-ring (bicyclic) bond motifs is 5. The molecule has 0 radical (unpaired) electrons. The van der Waals surface area contributed by atoms with Gasteiger partial charge < -0.3 is 5.11 Å². The first-order valence-electron chi connectivity index (χ1n) is 10.7. The molecule has 4 rings (SSSR count). The zero-order valence-electron chi connectivity index (χ0n) is 17.7. The number of halogens is 1. The van der Waals surface area contributed by atoms with Gasteiger partial charge in [-0.15, -0.1) is 11.8 Å². The average Bonchev–Trinajstić information content (AvgIpc) is 2.89. The van der Waals surface area contributed by atoms with Gasteiger partial charge in [-0.25, -0.2) is 4.39 Å². The predicted molar refractivity (Wildman–Crippen MR) is 117 cm³/mol. The Balaban J connectivity index is 1.79. The maximum atomic E-state index is 17.0. The molecule has 0 aromatic heterocycles. The van der Waals surface area contributed by atoms with E-state index >= 15 is 4.39 Å². The van der Waals surface area contributed by atoms with Crippen molar-refractivity contribution in [3.8, 4) is 0 Å². The molecule has 4 aliphatic rings. The van der Waals surface area contributed by atoms with Gasteiger partial charge in [0.1, 0.15) is 0 Å². The fourth-order valence-electron chi connectivity index (χ4n) is 7.06. The minimum atomic E-state index is -1.79. The number of hydrogen-bond acceptors (Lipinski definition) is 5. The Morgan fingerprint density at radius 1 is 1.31 bits per heavy atom. The van der Waals surface area contributed by atoms with Crippen LogP contribution in [0.4, 0.5) is 4.39 Å². The van der Waals surface area contributed by atoms with E-state index in [0.29, 0.717) is 19.3 Å². The van der Waals surface area contributed by atoms with E-state index in [2.05, 4.69) is 13.8 Å². The number of carbonyl (C=O) groups is 2. The molecule has 0 aromatic carbocycles. The third kappa shape index (κ3) is 2.74. The quantitative estimate of drug-likeness (QED) is 0.622. The summed E-state index contributed by atoms with van der Waals surface area (Å²) in [6, 6.07) is 0. The lowest BCUT2D eigenvalue weighted by atomic mass is 9.46. The van der Waals surface area contributed by atoms with E-state index in [1.807, 2.05) is 6.92 Å². The van der Waals surface area contributed by atoms with Gasteiger partial charge in [0, 0.05) is 18.3 Å². The normalized spacial score (nSPS) is 48.6. The lowest BCUT2D eigenvalue weighted by Gasteiger charge is -2.63. The van der Waals surface area contributed by atoms with E-state index in [9.17, 15) is 14.7 Å². The highest BCUT2D eigenvalue weighted by atomic mass is 32.2. The highest BCUT2D eigenvalue weighted by Gasteiger charge is 2.73. The molecular weight excluding hydrogens is 407 g/mol. The standard InChI is InChI=1S/C23H31FO3S2/c1-5-28-22(29-14(2)25)11-9-17-18-7-6-15-12-16(26)8-10-20(15,3)23(18,24)19(27)13-21(17,22)4/h8,10,12,17-19,27H,5-7,9,11,13H2,1-4H3/t17-,18-,19-,20-,21-,22+,23?/m0/s1. The fourth-order valence-corrected chi connectivity index (χ4v) is 10.4. The molecule has 7 atom stereocenters. The molecule has 29 heavy (non-hydrogen) atoms. The van der Waals surface area contributed by atoms with Crippen LogP contribution in [0.1, 0.15) is 59.8 Å². The molecule has 3 nitrogen and oxygen atoms in total. The summed E-state index contributed by atoms with van der Waals surface area (Å²) >= 11 is 3.20. The maximum absolute atomic E-state index is 17.0. The van der Waals surface area contributed by atoms with Crippen molar-refractivity contribution in [3.63, 3.8) is 0 Å². The van der Waals surface area contributed by atoms with Crippen LogP contribution in [0.3, 0.4) is 0 Å². The minimum absolute atomic E-state index is 0.0910. The van der Waals surface area contributed by atoms with Crippen molar-refractivity contribution >= 4 is 34.4 Å². The molecule has 0 bridgehead atoms. The van der Waals surface area contributed by atoms with E-state index in [0.717, 1.165) is 24.2 Å². The Morgan fingerprint density at radius 3 is 2.69 bits per heavy atom. The number of thioether (sulfide) groups is 2. The molecule has 6 heteroatoms. The molecule has 3 saturated carbocycles. The topological polar surface area (TPSA) is 54.4 Å². The molecule has 0 aliphatic heterocycles. The number of aliphatic hydroxyl groups is 1. The van der Waals surface area contributed by atoms with E-state index in [1.165, 1.54) is 17.8 Å². The summed E-state index contributed by atoms with van der Waals surface area (Å²) in [5.74, 6) is 0.639. The van der Waals surface area contributed by atoms with Crippen LogP contribution >= 0.6 is 23.5 Å². The Morgan fingerprint density at radius 2 is 2.03 bits per heavy atom. The zero-order valence-corrected chi connectivity index (χ0v) is 19.3. The number of hydrogen-bond donors (Lipinski definition) is 1. The lowest BCUT2D eigenvalue weighted by molar-refractivity contribution is -0.189. The van der Waals surface area contributed by atoms with Crippen LogP contribution in [0.15, 0.2) is 23.8 Å². The van der Waals surface area contributed by atoms with Crippen molar-refractivity contribution in [1.29, 1.82) is 0 Å². The van der Waals surface area contributed by atoms with Crippen molar-refractivity contribution in [2.45, 2.75) is 75.7 Å². The van der Waals surface area contributed by atoms with Crippen LogP contribution in [0.25, 0.3) is 0 Å². The summed E-state index contributed by atoms with van der Waals surface area (Å²) in [6.45, 7) is 7.75. The number of rotatable bonds is 3. The maximum Gasteiger partial charge on any atom is 0.187 e. The SMILES string of the molecule is CCS[C@@]1(SC(C)=O)CC[C@H]2[C@@H]3CCC4=CC(=O)C=C[C@]4(C)C3(F)[C@@H](O)C[C@@]21C. The molecule has 0 amide bonds. The van der Waals surface area contributed by atoms with Crippen molar-refractivity contribution in [2.75, 3.05) is 5.75 Å². The first-order chi connectivity index (χ1) is 13.5. The van der Waals surface area contributed by atoms with Crippen molar-refractivity contribution in [1.82, 2.24) is 0 Å². The van der Waals surface area contributed by atoms with Gasteiger partial charge in [0.05, 0.1) is 10.2 Å². The summed E-state index contributed by atoms with van der Waals surface area (Å²) < 4.78 is 16.7. The largest absolute Gasteiger partial charge is 0.390 e. The Labute approximate surface area is 181 Å². The van der Waals surface area contributed by atoms with Crippen LogP contribution < -0.4 is 0 Å². The van der Waals surface area contributed by atoms with Gasteiger partial charge in [0.15, 0.2) is 16.6 Å². The van der Waals surface area contributed by atoms with E-state index in [4.69, 9.17) is 0 Å². The first kappa shape index (κ1) is 21.6. The lowest BCUT2D eigenvalue weighted by Crippen LogP contribution is -2.67. The van der Waals surface area contributed by atoms with E-state index in [-0.39, 0.29) is 32.2 Å². The highest BCUT2D eigenvalue weighted by molar-refractivity contribution is 8.25. The van der Waals surface area contributed by atoms with Gasteiger partial charge in [-0.1, -0.05) is 37.3 Å². The molecule has 1 unspecified atom stereocenters. The van der Waals surface area contributed by atoms with Crippen LogP contribution in [0.2, 0.25) is 0 Å². The van der Waals surface area contributed by atoms with E-state index in [1.54, 1.807) is 30.8 Å². The predicted octanol–water partition coefficient (Wildman–Crippen LogP) is 5.09. The number of allylic oxidation sites excluding steroid dienone is 4. The Hall–Kier alpha value is -0.590. The molecule has 1 N–H and O–H groups in total. The van der Waals surface area contributed by atoms with Gasteiger partial charge in [0.2, 0.25) is 0 Å². The van der Waals surface area contributed by atoms with Crippen molar-refractivity contribution < 1.29 is 19.1 Å². The Bertz CT molecular complexity index is 810. The number of aliphatic hydroxyl groups excluding tert-OH is 1. The summed E-state index contributed by atoms with van der Waals surface area (Å²) in [4.78, 5) is 24.1. The van der Waals surface area contributed by atoms with Gasteiger partial charge in [-0.05, 0) is 68.3 Å². The second-order valence-corrected chi connectivity index (χ2v) is 12.9. The zero-order chi connectivity index (χ0) is 21.2. The van der Waals surface area contributed by atoms with Crippen LogP contribution in [-0.4, -0.2) is 37.6 Å². The highest BCUT2D eigenvalue weighted by Crippen LogP contribution is 2.73. The summed E-state index contributed by atoms with van der Waals surface area (Å²) in [5, 5.41) is 11.4. The number of carbonyl (C=O) groups excluding carboxylic acids is 2. The molecule has 4 aliphatic carbocycles. The van der Waals surface area contributed by atoms with Gasteiger partial charge in [-0.2, -0.15) is 0 Å². The summed E-state index contributed by atoms with van der Waals surface area (Å²) in [7, 11) is 0. The molecule has 160 valence electrons. The van der Waals surface area contributed by atoms with Crippen LogP contribution in [0.5, 0.6) is 0 Å². The summed E-state index contributed by atoms with van der Waals surface area (Å²) in [6.07, 6.45) is 7.06. The molecule has 0 aromatic rings. The monoisotopic (exact) mass is 438 g/mol. The Kier molecular flexibility index (Phi) is 5.19. The van der Waals surface area contributed by atoms with Crippen molar-refractivity contribution in [2.24, 2.45) is 22.7 Å². The van der Waals surface area contributed by atoms with Gasteiger partial charge in [0.25, 0.3) is 0 Å². The minimum Gasteiger partial charge on any atom is -0.390 e. The fraction of sp³-hybridized carbons (Fsp3) is 0.739. The molecule has 0 saturated heterocycles. The molecule has 3 fully saturated rings. The smallest absolute Gasteiger partial charge is 0.187 e. The third-order valence-electron chi connectivity index (χ3n) is 8.37. The third-order valence-corrected chi connectivity index (χ3v) is 11.7. The second kappa shape index (κ2) is 6.96. The second-order valence-electron chi connectivity index (χ2n) is 9.58. The average molecular weight is 439 g/mol. The van der Waals surface area contributed by atoms with E-state index < -0.39 is 17.2 Å². The van der Waals surface area contributed by atoms with Crippen LogP contribution in [-0.2, 0) is 9.59 Å².